The van der Waals surface area contributed by atoms with Crippen molar-refractivity contribution >= 4 is 5.97 Å². The summed E-state index contributed by atoms with van der Waals surface area (Å²) in [5.41, 5.74) is 2.27. The third-order valence-electron chi connectivity index (χ3n) is 3.72. The van der Waals surface area contributed by atoms with Crippen LogP contribution in [0.4, 0.5) is 4.39 Å². The highest BCUT2D eigenvalue weighted by Crippen LogP contribution is 2.19. The van der Waals surface area contributed by atoms with Gasteiger partial charge < -0.3 is 4.74 Å². The highest BCUT2D eigenvalue weighted by atomic mass is 19.1. The zero-order valence-corrected chi connectivity index (χ0v) is 13.2. The third-order valence-corrected chi connectivity index (χ3v) is 3.72. The number of ether oxygens (including phenoxy) is 1. The van der Waals surface area contributed by atoms with Crippen molar-refractivity contribution in [2.75, 3.05) is 0 Å². The Balaban J connectivity index is 1.63. The van der Waals surface area contributed by atoms with Crippen LogP contribution in [0, 0.1) is 5.82 Å². The van der Waals surface area contributed by atoms with E-state index in [1.807, 2.05) is 29.1 Å². The van der Waals surface area contributed by atoms with Gasteiger partial charge in [-0.25, -0.2) is 9.18 Å². The number of aromatic nitrogens is 2. The second-order valence-corrected chi connectivity index (χ2v) is 5.50. The van der Waals surface area contributed by atoms with Gasteiger partial charge in [-0.3, -0.25) is 4.68 Å². The van der Waals surface area contributed by atoms with Gasteiger partial charge in [0.15, 0.2) is 0 Å². The molecule has 0 spiro atoms. The molecular weight excluding hydrogens is 307 g/mol. The highest BCUT2D eigenvalue weighted by Gasteiger charge is 2.13. The molecule has 0 aliphatic carbocycles. The summed E-state index contributed by atoms with van der Waals surface area (Å²) in [5, 5.41) is 4.15. The molecular formula is C19H17FN2O2. The maximum Gasteiger partial charge on any atom is 0.338 e. The van der Waals surface area contributed by atoms with Crippen molar-refractivity contribution in [3.05, 3.63) is 89.5 Å². The molecule has 3 aromatic rings. The zero-order chi connectivity index (χ0) is 16.9. The minimum atomic E-state index is -0.443. The Hall–Kier alpha value is -2.95. The van der Waals surface area contributed by atoms with Crippen LogP contribution in [-0.4, -0.2) is 15.7 Å². The van der Waals surface area contributed by atoms with Gasteiger partial charge in [0.1, 0.15) is 11.9 Å². The van der Waals surface area contributed by atoms with Gasteiger partial charge in [-0.15, -0.1) is 0 Å². The lowest BCUT2D eigenvalue weighted by Gasteiger charge is -2.14. The summed E-state index contributed by atoms with van der Waals surface area (Å²) in [6, 6.07) is 15.0. The number of nitrogens with zero attached hydrogens (tertiary/aromatic N) is 2. The van der Waals surface area contributed by atoms with Crippen molar-refractivity contribution in [3.63, 3.8) is 0 Å². The molecule has 0 radical (unpaired) electrons. The molecule has 5 heteroatoms. The molecule has 24 heavy (non-hydrogen) atoms. The van der Waals surface area contributed by atoms with E-state index in [0.29, 0.717) is 12.1 Å². The smallest absolute Gasteiger partial charge is 0.338 e. The van der Waals surface area contributed by atoms with Gasteiger partial charge in [0.2, 0.25) is 0 Å². The molecule has 0 fully saturated rings. The van der Waals surface area contributed by atoms with Crippen LogP contribution >= 0.6 is 0 Å². The van der Waals surface area contributed by atoms with Crippen LogP contribution in [0.15, 0.2) is 67.0 Å². The molecule has 1 heterocycles. The van der Waals surface area contributed by atoms with E-state index in [0.717, 1.165) is 11.1 Å². The van der Waals surface area contributed by atoms with E-state index in [4.69, 9.17) is 4.74 Å². The standard InChI is InChI=1S/C19H17FN2O2/c1-14(16-7-9-18(20)10-8-16)24-19(23)17-5-3-15(4-6-17)13-22-12-2-11-21-22/h2-12,14H,13H2,1H3. The first-order valence-electron chi connectivity index (χ1n) is 7.64. The fourth-order valence-electron chi connectivity index (χ4n) is 2.36. The number of esters is 1. The fraction of sp³-hybridized carbons (Fsp3) is 0.158. The third kappa shape index (κ3) is 3.87. The Labute approximate surface area is 139 Å². The quantitative estimate of drug-likeness (QED) is 0.667. The lowest BCUT2D eigenvalue weighted by molar-refractivity contribution is 0.0338. The molecule has 3 rings (SSSR count). The molecule has 0 amide bonds. The predicted octanol–water partition coefficient (Wildman–Crippen LogP) is 3.99. The number of carbonyl (C=O) groups excluding carboxylic acids is 1. The van der Waals surface area contributed by atoms with Gasteiger partial charge >= 0.3 is 5.97 Å². The monoisotopic (exact) mass is 324 g/mol. The maximum atomic E-state index is 12.9. The number of carbonyl (C=O) groups is 1. The van der Waals surface area contributed by atoms with Gasteiger partial charge in [-0.1, -0.05) is 24.3 Å². The maximum absolute atomic E-state index is 12.9. The van der Waals surface area contributed by atoms with Gasteiger partial charge in [0.05, 0.1) is 12.1 Å². The fourth-order valence-corrected chi connectivity index (χ4v) is 2.36. The SMILES string of the molecule is CC(OC(=O)c1ccc(Cn2cccn2)cc1)c1ccc(F)cc1. The lowest BCUT2D eigenvalue weighted by atomic mass is 10.1. The van der Waals surface area contributed by atoms with E-state index in [9.17, 15) is 9.18 Å². The Kier molecular flexibility index (Phi) is 4.70. The molecule has 0 aliphatic heterocycles. The second-order valence-electron chi connectivity index (χ2n) is 5.50. The van der Waals surface area contributed by atoms with Crippen LogP contribution in [0.5, 0.6) is 0 Å². The molecule has 1 aromatic heterocycles. The molecule has 1 atom stereocenters. The molecule has 0 aliphatic rings. The number of halogens is 1. The largest absolute Gasteiger partial charge is 0.454 e. The minimum Gasteiger partial charge on any atom is -0.454 e. The van der Waals surface area contributed by atoms with Crippen molar-refractivity contribution in [2.24, 2.45) is 0 Å². The van der Waals surface area contributed by atoms with Crippen LogP contribution in [0.2, 0.25) is 0 Å². The van der Waals surface area contributed by atoms with E-state index in [1.165, 1.54) is 12.1 Å². The van der Waals surface area contributed by atoms with Gasteiger partial charge in [-0.05, 0) is 48.4 Å². The lowest BCUT2D eigenvalue weighted by Crippen LogP contribution is -2.09. The summed E-state index contributed by atoms with van der Waals surface area (Å²) in [5.74, 6) is -0.720. The average molecular weight is 324 g/mol. The molecule has 0 saturated heterocycles. The zero-order valence-electron chi connectivity index (χ0n) is 13.2. The average Bonchev–Trinajstić information content (AvgIpc) is 3.09. The molecule has 1 unspecified atom stereocenters. The van der Waals surface area contributed by atoms with Crippen molar-refractivity contribution in [1.82, 2.24) is 9.78 Å². The predicted molar refractivity (Wildman–Crippen MR) is 88.0 cm³/mol. The Morgan fingerprint density at radius 1 is 1.17 bits per heavy atom. The van der Waals surface area contributed by atoms with Crippen molar-refractivity contribution < 1.29 is 13.9 Å². The molecule has 0 saturated carbocycles. The normalized spacial score (nSPS) is 11.9. The first kappa shape index (κ1) is 15.9. The van der Waals surface area contributed by atoms with Gasteiger partial charge in [0.25, 0.3) is 0 Å². The Bertz CT molecular complexity index is 796. The number of rotatable bonds is 5. The second kappa shape index (κ2) is 7.08. The van der Waals surface area contributed by atoms with Gasteiger partial charge in [-0.2, -0.15) is 5.10 Å². The van der Waals surface area contributed by atoms with Gasteiger partial charge in [0, 0.05) is 12.4 Å². The summed E-state index contributed by atoms with van der Waals surface area (Å²) in [4.78, 5) is 12.2. The number of hydrogen-bond donors (Lipinski definition) is 0. The summed E-state index contributed by atoms with van der Waals surface area (Å²) < 4.78 is 20.2. The first-order chi connectivity index (χ1) is 11.6. The Morgan fingerprint density at radius 2 is 1.88 bits per heavy atom. The first-order valence-corrected chi connectivity index (χ1v) is 7.64. The minimum absolute atomic E-state index is 0.315. The van der Waals surface area contributed by atoms with E-state index in [2.05, 4.69) is 5.10 Å². The summed E-state index contributed by atoms with van der Waals surface area (Å²) >= 11 is 0. The van der Waals surface area contributed by atoms with Crippen molar-refractivity contribution in [3.8, 4) is 0 Å². The molecule has 2 aromatic carbocycles. The van der Waals surface area contributed by atoms with Crippen LogP contribution in [-0.2, 0) is 11.3 Å². The van der Waals surface area contributed by atoms with Crippen molar-refractivity contribution in [1.29, 1.82) is 0 Å². The van der Waals surface area contributed by atoms with Crippen LogP contribution in [0.25, 0.3) is 0 Å². The highest BCUT2D eigenvalue weighted by molar-refractivity contribution is 5.89. The molecule has 0 N–H and O–H groups in total. The number of benzene rings is 2. The van der Waals surface area contributed by atoms with Crippen LogP contribution in [0.1, 0.15) is 34.5 Å². The van der Waals surface area contributed by atoms with E-state index >= 15 is 0 Å². The van der Waals surface area contributed by atoms with Crippen molar-refractivity contribution in [2.45, 2.75) is 19.6 Å². The van der Waals surface area contributed by atoms with Crippen LogP contribution in [0.3, 0.4) is 0 Å². The van der Waals surface area contributed by atoms with E-state index in [1.54, 1.807) is 37.4 Å². The van der Waals surface area contributed by atoms with E-state index in [-0.39, 0.29) is 5.82 Å². The van der Waals surface area contributed by atoms with E-state index < -0.39 is 12.1 Å². The number of hydrogen-bond acceptors (Lipinski definition) is 3. The topological polar surface area (TPSA) is 44.1 Å². The summed E-state index contributed by atoms with van der Waals surface area (Å²) in [6.07, 6.45) is 3.16. The Morgan fingerprint density at radius 3 is 2.50 bits per heavy atom. The molecule has 122 valence electrons. The van der Waals surface area contributed by atoms with Crippen LogP contribution < -0.4 is 0 Å². The molecule has 4 nitrogen and oxygen atoms in total. The molecule has 0 bridgehead atoms. The summed E-state index contributed by atoms with van der Waals surface area (Å²) in [6.45, 7) is 2.41. The summed E-state index contributed by atoms with van der Waals surface area (Å²) in [7, 11) is 0.